The van der Waals surface area contributed by atoms with Gasteiger partial charge in [-0.05, 0) is 25.1 Å². The van der Waals surface area contributed by atoms with Crippen LogP contribution in [-0.4, -0.2) is 24.5 Å². The Morgan fingerprint density at radius 3 is 2.36 bits per heavy atom. The van der Waals surface area contributed by atoms with Crippen molar-refractivity contribution in [3.05, 3.63) is 66.4 Å². The SMILES string of the molecule is COc1cc2c3ccccc3n(S(=O)(=O)c3ccccc3)c2c(C)n1. The molecule has 0 atom stereocenters. The molecule has 2 aromatic heterocycles. The van der Waals surface area contributed by atoms with E-state index in [0.29, 0.717) is 22.6 Å². The van der Waals surface area contributed by atoms with Crippen LogP contribution in [0.1, 0.15) is 5.69 Å². The first-order valence-corrected chi connectivity index (χ1v) is 9.23. The fourth-order valence-electron chi connectivity index (χ4n) is 3.15. The molecule has 6 heteroatoms. The van der Waals surface area contributed by atoms with E-state index in [1.807, 2.05) is 24.3 Å². The van der Waals surface area contributed by atoms with Gasteiger partial charge in [0.25, 0.3) is 10.0 Å². The number of methoxy groups -OCH3 is 1. The Hall–Kier alpha value is -2.86. The number of aryl methyl sites for hydroxylation is 1. The van der Waals surface area contributed by atoms with Gasteiger partial charge in [0.05, 0.1) is 28.7 Å². The van der Waals surface area contributed by atoms with Crippen LogP contribution in [0.15, 0.2) is 65.6 Å². The van der Waals surface area contributed by atoms with Crippen LogP contribution in [0.3, 0.4) is 0 Å². The predicted molar refractivity (Wildman–Crippen MR) is 97.6 cm³/mol. The smallest absolute Gasteiger partial charge is 0.268 e. The van der Waals surface area contributed by atoms with Crippen molar-refractivity contribution in [1.82, 2.24) is 8.96 Å². The lowest BCUT2D eigenvalue weighted by atomic mass is 10.2. The molecule has 126 valence electrons. The van der Waals surface area contributed by atoms with Crippen LogP contribution in [0.4, 0.5) is 0 Å². The predicted octanol–water partition coefficient (Wildman–Crippen LogP) is 3.74. The highest BCUT2D eigenvalue weighted by molar-refractivity contribution is 7.90. The van der Waals surface area contributed by atoms with Crippen molar-refractivity contribution in [3.63, 3.8) is 0 Å². The number of rotatable bonds is 3. The number of hydrogen-bond acceptors (Lipinski definition) is 4. The lowest BCUT2D eigenvalue weighted by molar-refractivity contribution is 0.398. The molecule has 0 aliphatic heterocycles. The van der Waals surface area contributed by atoms with Gasteiger partial charge in [0.15, 0.2) is 0 Å². The zero-order valence-corrected chi connectivity index (χ0v) is 14.6. The van der Waals surface area contributed by atoms with Gasteiger partial charge in [-0.1, -0.05) is 36.4 Å². The van der Waals surface area contributed by atoms with Gasteiger partial charge in [-0.3, -0.25) is 0 Å². The lowest BCUT2D eigenvalue weighted by Gasteiger charge is -2.10. The second-order valence-corrected chi connectivity index (χ2v) is 7.53. The molecular formula is C19H16N2O3S. The number of ether oxygens (including phenoxy) is 1. The normalized spacial score (nSPS) is 11.9. The van der Waals surface area contributed by atoms with E-state index in [2.05, 4.69) is 4.98 Å². The van der Waals surface area contributed by atoms with Gasteiger partial charge >= 0.3 is 0 Å². The van der Waals surface area contributed by atoms with Crippen molar-refractivity contribution >= 4 is 31.8 Å². The van der Waals surface area contributed by atoms with Crippen molar-refractivity contribution in [2.75, 3.05) is 7.11 Å². The molecule has 25 heavy (non-hydrogen) atoms. The molecule has 0 aliphatic carbocycles. The summed E-state index contributed by atoms with van der Waals surface area (Å²) in [7, 11) is -2.21. The van der Waals surface area contributed by atoms with Crippen molar-refractivity contribution in [2.45, 2.75) is 11.8 Å². The third-order valence-electron chi connectivity index (χ3n) is 4.25. The quantitative estimate of drug-likeness (QED) is 0.563. The maximum atomic E-state index is 13.3. The Morgan fingerprint density at radius 2 is 1.64 bits per heavy atom. The first-order chi connectivity index (χ1) is 12.0. The molecule has 0 spiro atoms. The third kappa shape index (κ3) is 2.29. The molecule has 0 N–H and O–H groups in total. The zero-order valence-electron chi connectivity index (χ0n) is 13.8. The average Bonchev–Trinajstić information content (AvgIpc) is 2.98. The van der Waals surface area contributed by atoms with Crippen molar-refractivity contribution in [2.24, 2.45) is 0 Å². The van der Waals surface area contributed by atoms with Crippen LogP contribution in [0.2, 0.25) is 0 Å². The fraction of sp³-hybridized carbons (Fsp3) is 0.105. The summed E-state index contributed by atoms with van der Waals surface area (Å²) in [4.78, 5) is 4.62. The summed E-state index contributed by atoms with van der Waals surface area (Å²) in [6.45, 7) is 1.79. The molecule has 5 nitrogen and oxygen atoms in total. The Labute approximate surface area is 145 Å². The molecule has 0 fully saturated rings. The van der Waals surface area contributed by atoms with E-state index in [0.717, 1.165) is 10.8 Å². The minimum Gasteiger partial charge on any atom is -0.481 e. The highest BCUT2D eigenvalue weighted by Gasteiger charge is 2.25. The molecule has 0 saturated heterocycles. The molecule has 0 amide bonds. The van der Waals surface area contributed by atoms with E-state index in [1.165, 1.54) is 3.97 Å². The van der Waals surface area contributed by atoms with Gasteiger partial charge in [-0.15, -0.1) is 0 Å². The summed E-state index contributed by atoms with van der Waals surface area (Å²) < 4.78 is 33.3. The fourth-order valence-corrected chi connectivity index (χ4v) is 4.75. The number of para-hydroxylation sites is 1. The van der Waals surface area contributed by atoms with Crippen molar-refractivity contribution in [3.8, 4) is 5.88 Å². The van der Waals surface area contributed by atoms with Crippen LogP contribution < -0.4 is 4.74 Å². The first-order valence-electron chi connectivity index (χ1n) is 7.79. The van der Waals surface area contributed by atoms with Crippen LogP contribution in [0, 0.1) is 6.92 Å². The van der Waals surface area contributed by atoms with Gasteiger partial charge in [-0.25, -0.2) is 17.4 Å². The number of hydrogen-bond donors (Lipinski definition) is 0. The van der Waals surface area contributed by atoms with Crippen LogP contribution >= 0.6 is 0 Å². The van der Waals surface area contributed by atoms with Gasteiger partial charge in [0, 0.05) is 16.8 Å². The first kappa shape index (κ1) is 15.7. The molecule has 2 aromatic carbocycles. The number of nitrogens with zero attached hydrogens (tertiary/aromatic N) is 2. The molecule has 4 rings (SSSR count). The van der Waals surface area contributed by atoms with Crippen LogP contribution in [0.5, 0.6) is 5.88 Å². The van der Waals surface area contributed by atoms with E-state index in [4.69, 9.17) is 4.74 Å². The molecule has 0 aliphatic rings. The van der Waals surface area contributed by atoms with E-state index in [1.54, 1.807) is 50.4 Å². The van der Waals surface area contributed by atoms with Crippen LogP contribution in [0.25, 0.3) is 21.8 Å². The monoisotopic (exact) mass is 352 g/mol. The molecule has 0 saturated carbocycles. The van der Waals surface area contributed by atoms with E-state index >= 15 is 0 Å². The molecule has 0 radical (unpaired) electrons. The zero-order chi connectivity index (χ0) is 17.6. The largest absolute Gasteiger partial charge is 0.481 e. The molecule has 0 bridgehead atoms. The summed E-state index contributed by atoms with van der Waals surface area (Å²) in [5.41, 5.74) is 1.80. The van der Waals surface area contributed by atoms with E-state index < -0.39 is 10.0 Å². The maximum Gasteiger partial charge on any atom is 0.268 e. The maximum absolute atomic E-state index is 13.3. The van der Waals surface area contributed by atoms with Gasteiger partial charge in [-0.2, -0.15) is 0 Å². The number of aromatic nitrogens is 2. The van der Waals surface area contributed by atoms with Crippen molar-refractivity contribution < 1.29 is 13.2 Å². The Balaban J connectivity index is 2.20. The number of pyridine rings is 1. The van der Waals surface area contributed by atoms with Crippen LogP contribution in [-0.2, 0) is 10.0 Å². The Morgan fingerprint density at radius 1 is 0.960 bits per heavy atom. The average molecular weight is 352 g/mol. The number of fused-ring (bicyclic) bond motifs is 3. The third-order valence-corrected chi connectivity index (χ3v) is 5.98. The summed E-state index contributed by atoms with van der Waals surface area (Å²) in [6, 6.07) is 17.6. The lowest BCUT2D eigenvalue weighted by Crippen LogP contribution is -2.13. The summed E-state index contributed by atoms with van der Waals surface area (Å²) in [5.74, 6) is 0.463. The highest BCUT2D eigenvalue weighted by Crippen LogP contribution is 2.35. The summed E-state index contributed by atoms with van der Waals surface area (Å²) in [5, 5.41) is 1.65. The summed E-state index contributed by atoms with van der Waals surface area (Å²) in [6.07, 6.45) is 0. The molecule has 4 aromatic rings. The Bertz CT molecular complexity index is 1200. The van der Waals surface area contributed by atoms with E-state index in [-0.39, 0.29) is 4.90 Å². The second-order valence-electron chi connectivity index (χ2n) is 5.75. The van der Waals surface area contributed by atoms with Crippen molar-refractivity contribution in [1.29, 1.82) is 0 Å². The second kappa shape index (κ2) is 5.60. The molecule has 2 heterocycles. The minimum atomic E-state index is -3.76. The molecule has 0 unspecified atom stereocenters. The topological polar surface area (TPSA) is 61.2 Å². The standard InChI is InChI=1S/C19H16N2O3S/c1-13-19-16(12-18(20-13)24-2)15-10-6-7-11-17(15)21(19)25(22,23)14-8-4-3-5-9-14/h3-12H,1-2H3. The minimum absolute atomic E-state index is 0.243. The number of benzene rings is 2. The van der Waals surface area contributed by atoms with Gasteiger partial charge in [0.1, 0.15) is 0 Å². The Kier molecular flexibility index (Phi) is 3.51. The van der Waals surface area contributed by atoms with Gasteiger partial charge < -0.3 is 4.74 Å². The van der Waals surface area contributed by atoms with E-state index in [9.17, 15) is 8.42 Å². The molecular weight excluding hydrogens is 336 g/mol. The van der Waals surface area contributed by atoms with Gasteiger partial charge in [0.2, 0.25) is 5.88 Å². The summed E-state index contributed by atoms with van der Waals surface area (Å²) >= 11 is 0. The highest BCUT2D eigenvalue weighted by atomic mass is 32.2.